The average Bonchev–Trinajstić information content (AvgIpc) is 3.41. The Kier molecular flexibility index (Phi) is 7.29. The zero-order chi connectivity index (χ0) is 28.6. The van der Waals surface area contributed by atoms with Crippen LogP contribution in [-0.2, 0) is 20.7 Å². The zero-order valence-corrected chi connectivity index (χ0v) is 23.1. The molecule has 3 aromatic carbocycles. The van der Waals surface area contributed by atoms with E-state index in [1.165, 1.54) is 10.8 Å². The van der Waals surface area contributed by atoms with Gasteiger partial charge in [-0.05, 0) is 60.7 Å². The number of carbonyl (C=O) groups is 3. The van der Waals surface area contributed by atoms with Crippen LogP contribution in [0.1, 0.15) is 43.4 Å². The number of carbonyl (C=O) groups excluding carboxylic acids is 2. The molecule has 2 N–H and O–H groups in total. The van der Waals surface area contributed by atoms with E-state index >= 15 is 0 Å². The van der Waals surface area contributed by atoms with Crippen molar-refractivity contribution >= 4 is 40.7 Å². The standard InChI is InChI=1S/C31H29ClN2O6/c1-31(2,3)40-30(38)34-16-18(20-13-12-19(32)15-27(20)34)14-26(28(35)36)33-29(37)39-17-25-23-10-6-4-8-21(23)22-9-5-7-11-24(22)25/h4-13,15-16,25-26H,14,17H2,1-3H3,(H,33,37)(H,35,36)/t26-/m1/s1. The highest BCUT2D eigenvalue weighted by Crippen LogP contribution is 2.44. The monoisotopic (exact) mass is 560 g/mol. The van der Waals surface area contributed by atoms with Crippen molar-refractivity contribution in [2.24, 2.45) is 0 Å². The fraction of sp³-hybridized carbons (Fsp3) is 0.258. The Balaban J connectivity index is 1.33. The van der Waals surface area contributed by atoms with Gasteiger partial charge in [-0.25, -0.2) is 14.4 Å². The molecule has 0 aliphatic heterocycles. The molecule has 9 heteroatoms. The maximum Gasteiger partial charge on any atom is 0.419 e. The van der Waals surface area contributed by atoms with E-state index < -0.39 is 29.8 Å². The van der Waals surface area contributed by atoms with Crippen LogP contribution >= 0.6 is 11.6 Å². The number of nitrogens with zero attached hydrogens (tertiary/aromatic N) is 1. The summed E-state index contributed by atoms with van der Waals surface area (Å²) in [6.07, 6.45) is -0.0340. The molecule has 4 aromatic rings. The second kappa shape index (κ2) is 10.7. The van der Waals surface area contributed by atoms with Crippen LogP contribution in [0.15, 0.2) is 72.9 Å². The van der Waals surface area contributed by atoms with E-state index in [1.807, 2.05) is 48.5 Å². The Morgan fingerprint density at radius 2 is 1.62 bits per heavy atom. The number of alkyl carbamates (subject to hydrolysis) is 1. The van der Waals surface area contributed by atoms with E-state index in [-0.39, 0.29) is 18.9 Å². The van der Waals surface area contributed by atoms with Crippen LogP contribution in [0.4, 0.5) is 9.59 Å². The fourth-order valence-electron chi connectivity index (χ4n) is 5.10. The number of halogens is 1. The van der Waals surface area contributed by atoms with Crippen LogP contribution in [-0.4, -0.2) is 46.1 Å². The Morgan fingerprint density at radius 3 is 2.23 bits per heavy atom. The van der Waals surface area contributed by atoms with Gasteiger partial charge in [0.15, 0.2) is 0 Å². The summed E-state index contributed by atoms with van der Waals surface area (Å²) in [7, 11) is 0. The van der Waals surface area contributed by atoms with Crippen molar-refractivity contribution < 1.29 is 29.0 Å². The highest BCUT2D eigenvalue weighted by Gasteiger charge is 2.30. The highest BCUT2D eigenvalue weighted by molar-refractivity contribution is 6.31. The van der Waals surface area contributed by atoms with Gasteiger partial charge in [0.1, 0.15) is 18.2 Å². The summed E-state index contributed by atoms with van der Waals surface area (Å²) in [6, 6.07) is 19.6. The van der Waals surface area contributed by atoms with Crippen molar-refractivity contribution in [2.75, 3.05) is 6.61 Å². The van der Waals surface area contributed by atoms with E-state index in [2.05, 4.69) is 5.32 Å². The molecule has 1 aromatic heterocycles. The minimum atomic E-state index is -1.30. The fourth-order valence-corrected chi connectivity index (χ4v) is 5.26. The predicted molar refractivity (Wildman–Crippen MR) is 152 cm³/mol. The number of ether oxygens (including phenoxy) is 2. The molecule has 1 atom stereocenters. The number of amides is 1. The van der Waals surface area contributed by atoms with Crippen molar-refractivity contribution in [3.63, 3.8) is 0 Å². The number of hydrogen-bond donors (Lipinski definition) is 2. The van der Waals surface area contributed by atoms with E-state index in [4.69, 9.17) is 21.1 Å². The molecule has 1 heterocycles. The quantitative estimate of drug-likeness (QED) is 0.275. The third-order valence-corrected chi connectivity index (χ3v) is 7.03. The molecule has 1 amide bonds. The summed E-state index contributed by atoms with van der Waals surface area (Å²) in [5.41, 5.74) is 4.57. The molecule has 0 spiro atoms. The van der Waals surface area contributed by atoms with Crippen molar-refractivity contribution in [3.8, 4) is 11.1 Å². The third kappa shape index (κ3) is 5.53. The van der Waals surface area contributed by atoms with Gasteiger partial charge < -0.3 is 19.9 Å². The zero-order valence-electron chi connectivity index (χ0n) is 22.3. The van der Waals surface area contributed by atoms with Crippen LogP contribution in [0.3, 0.4) is 0 Å². The Bertz CT molecular complexity index is 1570. The van der Waals surface area contributed by atoms with Gasteiger partial charge in [0.25, 0.3) is 0 Å². The lowest BCUT2D eigenvalue weighted by molar-refractivity contribution is -0.139. The SMILES string of the molecule is CC(C)(C)OC(=O)n1cc(C[C@@H](NC(=O)OCC2c3ccccc3-c3ccccc32)C(=O)O)c2ccc(Cl)cc21. The van der Waals surface area contributed by atoms with Gasteiger partial charge >= 0.3 is 18.2 Å². The minimum Gasteiger partial charge on any atom is -0.480 e. The molecule has 0 saturated heterocycles. The lowest BCUT2D eigenvalue weighted by Gasteiger charge is -2.19. The molecule has 1 aliphatic carbocycles. The summed E-state index contributed by atoms with van der Waals surface area (Å²) in [4.78, 5) is 37.8. The van der Waals surface area contributed by atoms with E-state index in [0.717, 1.165) is 22.3 Å². The first kappa shape index (κ1) is 27.3. The first-order valence-electron chi connectivity index (χ1n) is 12.9. The molecule has 5 rings (SSSR count). The molecular formula is C31H29ClN2O6. The van der Waals surface area contributed by atoms with Crippen molar-refractivity contribution in [3.05, 3.63) is 94.6 Å². The molecule has 8 nitrogen and oxygen atoms in total. The first-order chi connectivity index (χ1) is 19.0. The van der Waals surface area contributed by atoms with Crippen molar-refractivity contribution in [1.82, 2.24) is 9.88 Å². The molecule has 1 aliphatic rings. The molecule has 0 unspecified atom stereocenters. The normalized spacial score (nSPS) is 13.4. The number of aliphatic carboxylic acids is 1. The number of carboxylic acids is 1. The van der Waals surface area contributed by atoms with E-state index in [1.54, 1.807) is 39.0 Å². The third-order valence-electron chi connectivity index (χ3n) is 6.80. The van der Waals surface area contributed by atoms with Gasteiger partial charge in [-0.2, -0.15) is 0 Å². The van der Waals surface area contributed by atoms with Crippen molar-refractivity contribution in [2.45, 2.75) is 44.8 Å². The Morgan fingerprint density at radius 1 is 1.00 bits per heavy atom. The molecule has 40 heavy (non-hydrogen) atoms. The second-order valence-electron chi connectivity index (χ2n) is 10.7. The second-order valence-corrected chi connectivity index (χ2v) is 11.2. The molecular weight excluding hydrogens is 532 g/mol. The molecule has 206 valence electrons. The van der Waals surface area contributed by atoms with Gasteiger partial charge in [0.05, 0.1) is 5.52 Å². The summed E-state index contributed by atoms with van der Waals surface area (Å²) in [5, 5.41) is 13.4. The lowest BCUT2D eigenvalue weighted by Crippen LogP contribution is -2.42. The molecule has 0 bridgehead atoms. The molecule has 0 fully saturated rings. The highest BCUT2D eigenvalue weighted by atomic mass is 35.5. The Hall–Kier alpha value is -4.30. The van der Waals surface area contributed by atoms with Crippen LogP contribution in [0.25, 0.3) is 22.0 Å². The summed E-state index contributed by atoms with van der Waals surface area (Å²) in [6.45, 7) is 5.32. The summed E-state index contributed by atoms with van der Waals surface area (Å²) in [5.74, 6) is -1.39. The first-order valence-corrected chi connectivity index (χ1v) is 13.3. The number of benzene rings is 3. The van der Waals surface area contributed by atoms with Crippen LogP contribution in [0.5, 0.6) is 0 Å². The maximum atomic E-state index is 12.9. The number of fused-ring (bicyclic) bond motifs is 4. The smallest absolute Gasteiger partial charge is 0.419 e. The number of hydrogen-bond acceptors (Lipinski definition) is 5. The topological polar surface area (TPSA) is 107 Å². The Labute approximate surface area is 236 Å². The van der Waals surface area contributed by atoms with Gasteiger partial charge in [-0.1, -0.05) is 66.2 Å². The van der Waals surface area contributed by atoms with Crippen LogP contribution in [0.2, 0.25) is 5.02 Å². The summed E-state index contributed by atoms with van der Waals surface area (Å²) >= 11 is 6.18. The lowest BCUT2D eigenvalue weighted by atomic mass is 9.98. The number of carboxylic acid groups (broad SMARTS) is 1. The van der Waals surface area contributed by atoms with Crippen LogP contribution in [0, 0.1) is 0 Å². The van der Waals surface area contributed by atoms with Crippen molar-refractivity contribution in [1.29, 1.82) is 0 Å². The van der Waals surface area contributed by atoms with Crippen LogP contribution < -0.4 is 5.32 Å². The predicted octanol–water partition coefficient (Wildman–Crippen LogP) is 6.61. The van der Waals surface area contributed by atoms with E-state index in [9.17, 15) is 19.5 Å². The van der Waals surface area contributed by atoms with Gasteiger partial charge in [0, 0.05) is 28.9 Å². The molecule has 0 radical (unpaired) electrons. The van der Waals surface area contributed by atoms with Gasteiger partial charge in [-0.15, -0.1) is 0 Å². The van der Waals surface area contributed by atoms with Gasteiger partial charge in [-0.3, -0.25) is 4.57 Å². The molecule has 0 saturated carbocycles. The summed E-state index contributed by atoms with van der Waals surface area (Å²) < 4.78 is 12.4. The maximum absolute atomic E-state index is 12.9. The average molecular weight is 561 g/mol. The number of aromatic nitrogens is 1. The van der Waals surface area contributed by atoms with E-state index in [0.29, 0.717) is 21.5 Å². The minimum absolute atomic E-state index is 0.0582. The number of rotatable bonds is 6. The largest absolute Gasteiger partial charge is 0.480 e. The number of nitrogens with one attached hydrogen (secondary N) is 1. The van der Waals surface area contributed by atoms with Gasteiger partial charge in [0.2, 0.25) is 0 Å².